The predicted octanol–water partition coefficient (Wildman–Crippen LogP) is 3.23. The monoisotopic (exact) mass is 474 g/mol. The van der Waals surface area contributed by atoms with Crippen LogP contribution in [-0.4, -0.2) is 50.3 Å². The Balaban J connectivity index is 1.48. The van der Waals surface area contributed by atoms with Gasteiger partial charge in [0.15, 0.2) is 0 Å². The van der Waals surface area contributed by atoms with Gasteiger partial charge in [-0.25, -0.2) is 13.1 Å². The molecule has 178 valence electrons. The van der Waals surface area contributed by atoms with Crippen LogP contribution in [0.25, 0.3) is 0 Å². The van der Waals surface area contributed by atoms with Gasteiger partial charge in [-0.15, -0.1) is 0 Å². The molecule has 1 saturated heterocycles. The van der Waals surface area contributed by atoms with Crippen LogP contribution in [0.1, 0.15) is 30.4 Å². The molecule has 2 aromatic rings. The standard InChI is InChI=1S/C23H30N4O5S/c1-17-5-9-21(10-6-17)33(31,32)24-15-19-4-3-12-26(16-19)13-11-23(28)25-22-14-20(27(29)30)8-7-18(22)2/h5-10,14,19,24H,3-4,11-13,15-16H2,1-2H3,(H,25,28). The molecule has 0 aliphatic carbocycles. The number of carbonyl (C=O) groups is 1. The van der Waals surface area contributed by atoms with E-state index in [1.807, 2.05) is 6.92 Å². The van der Waals surface area contributed by atoms with E-state index in [0.29, 0.717) is 25.3 Å². The van der Waals surface area contributed by atoms with Crippen LogP contribution in [-0.2, 0) is 14.8 Å². The largest absolute Gasteiger partial charge is 0.326 e. The maximum atomic E-state index is 12.5. The van der Waals surface area contributed by atoms with Crippen molar-refractivity contribution in [1.29, 1.82) is 0 Å². The van der Waals surface area contributed by atoms with Crippen molar-refractivity contribution in [1.82, 2.24) is 9.62 Å². The van der Waals surface area contributed by atoms with Crippen molar-refractivity contribution < 1.29 is 18.1 Å². The number of rotatable bonds is 9. The summed E-state index contributed by atoms with van der Waals surface area (Å²) in [5.74, 6) is -0.0400. The molecule has 0 spiro atoms. The number of hydrogen-bond acceptors (Lipinski definition) is 6. The number of carbonyl (C=O) groups excluding carboxylic acids is 1. The van der Waals surface area contributed by atoms with E-state index in [4.69, 9.17) is 0 Å². The number of likely N-dealkylation sites (tertiary alicyclic amines) is 1. The van der Waals surface area contributed by atoms with Crippen LogP contribution in [0.4, 0.5) is 11.4 Å². The minimum absolute atomic E-state index is 0.0668. The van der Waals surface area contributed by atoms with E-state index >= 15 is 0 Å². The van der Waals surface area contributed by atoms with Crippen molar-refractivity contribution in [2.75, 3.05) is 31.5 Å². The molecular formula is C23H30N4O5S. The Morgan fingerprint density at radius 2 is 1.91 bits per heavy atom. The fourth-order valence-electron chi connectivity index (χ4n) is 3.88. The van der Waals surface area contributed by atoms with E-state index in [0.717, 1.165) is 30.5 Å². The van der Waals surface area contributed by atoms with E-state index in [2.05, 4.69) is 14.9 Å². The van der Waals surface area contributed by atoms with Gasteiger partial charge in [0, 0.05) is 38.2 Å². The molecule has 9 nitrogen and oxygen atoms in total. The van der Waals surface area contributed by atoms with Gasteiger partial charge in [-0.05, 0) is 56.8 Å². The molecule has 0 aromatic heterocycles. The molecule has 0 bridgehead atoms. The smallest absolute Gasteiger partial charge is 0.271 e. The second kappa shape index (κ2) is 10.9. The lowest BCUT2D eigenvalue weighted by Crippen LogP contribution is -2.41. The number of nitro groups is 1. The molecule has 33 heavy (non-hydrogen) atoms. The first-order chi connectivity index (χ1) is 15.6. The molecule has 1 heterocycles. The van der Waals surface area contributed by atoms with Crippen LogP contribution in [0, 0.1) is 29.9 Å². The SMILES string of the molecule is Cc1ccc(S(=O)(=O)NCC2CCCN(CCC(=O)Nc3cc([N+](=O)[O-])ccc3C)C2)cc1. The van der Waals surface area contributed by atoms with Crippen LogP contribution in [0.3, 0.4) is 0 Å². The third-order valence-corrected chi connectivity index (χ3v) is 7.30. The third kappa shape index (κ3) is 7.08. The summed E-state index contributed by atoms with van der Waals surface area (Å²) in [7, 11) is -3.55. The van der Waals surface area contributed by atoms with E-state index in [-0.39, 0.29) is 28.8 Å². The van der Waals surface area contributed by atoms with Crippen LogP contribution < -0.4 is 10.0 Å². The molecule has 0 saturated carbocycles. The first-order valence-electron chi connectivity index (χ1n) is 11.0. The van der Waals surface area contributed by atoms with E-state index < -0.39 is 14.9 Å². The number of anilines is 1. The van der Waals surface area contributed by atoms with Crippen molar-refractivity contribution >= 4 is 27.3 Å². The quantitative estimate of drug-likeness (QED) is 0.425. The Morgan fingerprint density at radius 1 is 1.18 bits per heavy atom. The zero-order valence-corrected chi connectivity index (χ0v) is 19.7. The van der Waals surface area contributed by atoms with Crippen LogP contribution in [0.5, 0.6) is 0 Å². The predicted molar refractivity (Wildman–Crippen MR) is 127 cm³/mol. The minimum atomic E-state index is -3.55. The molecule has 2 N–H and O–H groups in total. The molecule has 10 heteroatoms. The van der Waals surface area contributed by atoms with Crippen LogP contribution >= 0.6 is 0 Å². The maximum absolute atomic E-state index is 12.5. The highest BCUT2D eigenvalue weighted by molar-refractivity contribution is 7.89. The van der Waals surface area contributed by atoms with Crippen molar-refractivity contribution in [2.24, 2.45) is 5.92 Å². The summed E-state index contributed by atoms with van der Waals surface area (Å²) >= 11 is 0. The van der Waals surface area contributed by atoms with Crippen molar-refractivity contribution in [3.63, 3.8) is 0 Å². The average molecular weight is 475 g/mol. The number of nitrogens with one attached hydrogen (secondary N) is 2. The van der Waals surface area contributed by atoms with Crippen molar-refractivity contribution in [3.8, 4) is 0 Å². The van der Waals surface area contributed by atoms with Crippen LogP contribution in [0.2, 0.25) is 0 Å². The highest BCUT2D eigenvalue weighted by atomic mass is 32.2. The minimum Gasteiger partial charge on any atom is -0.326 e. The van der Waals surface area contributed by atoms with Gasteiger partial charge in [-0.1, -0.05) is 23.8 Å². The van der Waals surface area contributed by atoms with Crippen molar-refractivity contribution in [2.45, 2.75) is 38.0 Å². The third-order valence-electron chi connectivity index (χ3n) is 5.86. The Kier molecular flexibility index (Phi) is 8.17. The lowest BCUT2D eigenvalue weighted by molar-refractivity contribution is -0.384. The van der Waals surface area contributed by atoms with Crippen molar-refractivity contribution in [3.05, 3.63) is 63.7 Å². The number of nitro benzene ring substituents is 1. The van der Waals surface area contributed by atoms with Gasteiger partial charge in [0.05, 0.1) is 15.5 Å². The van der Waals surface area contributed by atoms with Gasteiger partial charge in [-0.2, -0.15) is 0 Å². The van der Waals surface area contributed by atoms with E-state index in [1.165, 1.54) is 12.1 Å². The fourth-order valence-corrected chi connectivity index (χ4v) is 5.00. The van der Waals surface area contributed by atoms with E-state index in [9.17, 15) is 23.3 Å². The second-order valence-electron chi connectivity index (χ2n) is 8.53. The zero-order valence-electron chi connectivity index (χ0n) is 18.9. The molecule has 0 radical (unpaired) electrons. The Hall–Kier alpha value is -2.82. The summed E-state index contributed by atoms with van der Waals surface area (Å²) in [6.45, 7) is 6.15. The Labute approximate surface area is 194 Å². The Bertz CT molecular complexity index is 1100. The summed E-state index contributed by atoms with van der Waals surface area (Å²) < 4.78 is 27.8. The molecule has 3 rings (SSSR count). The molecule has 1 amide bonds. The number of sulfonamides is 1. The number of nitrogens with zero attached hydrogens (tertiary/aromatic N) is 2. The van der Waals surface area contributed by atoms with Crippen LogP contribution in [0.15, 0.2) is 47.4 Å². The lowest BCUT2D eigenvalue weighted by Gasteiger charge is -2.32. The number of benzene rings is 2. The van der Waals surface area contributed by atoms with Gasteiger partial charge < -0.3 is 10.2 Å². The highest BCUT2D eigenvalue weighted by Gasteiger charge is 2.23. The maximum Gasteiger partial charge on any atom is 0.271 e. The normalized spacial score (nSPS) is 17.0. The number of piperidine rings is 1. The van der Waals surface area contributed by atoms with Gasteiger partial charge in [0.25, 0.3) is 5.69 Å². The zero-order chi connectivity index (χ0) is 24.0. The summed E-state index contributed by atoms with van der Waals surface area (Å²) in [5.41, 5.74) is 2.13. The van der Waals surface area contributed by atoms with E-state index in [1.54, 1.807) is 37.3 Å². The van der Waals surface area contributed by atoms with Gasteiger partial charge in [-0.3, -0.25) is 14.9 Å². The second-order valence-corrected chi connectivity index (χ2v) is 10.3. The summed E-state index contributed by atoms with van der Waals surface area (Å²) in [6.07, 6.45) is 2.11. The summed E-state index contributed by atoms with van der Waals surface area (Å²) in [6, 6.07) is 11.1. The Morgan fingerprint density at radius 3 is 2.61 bits per heavy atom. The molecular weight excluding hydrogens is 444 g/mol. The average Bonchev–Trinajstić information content (AvgIpc) is 2.78. The first kappa shape index (κ1) is 24.8. The topological polar surface area (TPSA) is 122 Å². The molecule has 1 unspecified atom stereocenters. The summed E-state index contributed by atoms with van der Waals surface area (Å²) in [5, 5.41) is 13.7. The number of amides is 1. The first-order valence-corrected chi connectivity index (χ1v) is 12.5. The highest BCUT2D eigenvalue weighted by Crippen LogP contribution is 2.22. The molecule has 1 aliphatic heterocycles. The molecule has 1 atom stereocenters. The number of hydrogen-bond donors (Lipinski definition) is 2. The molecule has 2 aromatic carbocycles. The van der Waals surface area contributed by atoms with Gasteiger partial charge in [0.1, 0.15) is 0 Å². The molecule has 1 aliphatic rings. The molecule has 1 fully saturated rings. The van der Waals surface area contributed by atoms with Gasteiger partial charge in [0.2, 0.25) is 15.9 Å². The summed E-state index contributed by atoms with van der Waals surface area (Å²) in [4.78, 5) is 25.3. The number of aryl methyl sites for hydroxylation is 2. The fraction of sp³-hybridized carbons (Fsp3) is 0.435. The lowest BCUT2D eigenvalue weighted by atomic mass is 9.98. The number of non-ortho nitro benzene ring substituents is 1. The van der Waals surface area contributed by atoms with Gasteiger partial charge >= 0.3 is 0 Å².